The van der Waals surface area contributed by atoms with Crippen LogP contribution in [0.4, 0.5) is 5.69 Å². The van der Waals surface area contributed by atoms with E-state index in [-0.39, 0.29) is 11.3 Å². The van der Waals surface area contributed by atoms with Crippen LogP contribution in [0, 0.1) is 11.8 Å². The Morgan fingerprint density at radius 1 is 1.29 bits per heavy atom. The molecule has 0 aromatic heterocycles. The molecule has 0 spiro atoms. The summed E-state index contributed by atoms with van der Waals surface area (Å²) < 4.78 is 28.7. The predicted octanol–water partition coefficient (Wildman–Crippen LogP) is 2.02. The van der Waals surface area contributed by atoms with Gasteiger partial charge in [-0.05, 0) is 36.5 Å². The minimum absolute atomic E-state index is 0.0515. The third kappa shape index (κ3) is 3.95. The third-order valence-electron chi connectivity index (χ3n) is 3.53. The Morgan fingerprint density at radius 3 is 2.48 bits per heavy atom. The van der Waals surface area contributed by atoms with Crippen LogP contribution < -0.4 is 4.72 Å². The smallest absolute Gasteiger partial charge is 0.335 e. The van der Waals surface area contributed by atoms with Crippen molar-refractivity contribution in [3.63, 3.8) is 0 Å². The first kappa shape index (κ1) is 15.8. The molecule has 2 unspecified atom stereocenters. The van der Waals surface area contributed by atoms with Crippen molar-refractivity contribution in [3.05, 3.63) is 29.8 Å². The maximum absolute atomic E-state index is 12.4. The van der Waals surface area contributed by atoms with E-state index >= 15 is 0 Å². The van der Waals surface area contributed by atoms with Crippen LogP contribution in [0.2, 0.25) is 0 Å². The van der Waals surface area contributed by atoms with Crippen LogP contribution in [0.3, 0.4) is 0 Å². The lowest BCUT2D eigenvalue weighted by atomic mass is 9.94. The molecule has 2 atom stereocenters. The molecule has 0 radical (unpaired) electrons. The van der Waals surface area contributed by atoms with Crippen molar-refractivity contribution in [2.45, 2.75) is 20.3 Å². The molecule has 0 bridgehead atoms. The molecule has 1 aromatic rings. The molecule has 7 heteroatoms. The van der Waals surface area contributed by atoms with E-state index in [9.17, 15) is 13.2 Å². The lowest BCUT2D eigenvalue weighted by molar-refractivity contribution is 0.0697. The van der Waals surface area contributed by atoms with Gasteiger partial charge in [-0.25, -0.2) is 4.79 Å². The number of carbonyl (C=O) groups is 1. The molecule has 0 aliphatic carbocycles. The summed E-state index contributed by atoms with van der Waals surface area (Å²) in [6.07, 6.45) is 1.01. The normalized spacial score (nSPS) is 23.7. The van der Waals surface area contributed by atoms with Crippen LogP contribution in [-0.2, 0) is 10.2 Å². The number of carboxylic acid groups (broad SMARTS) is 1. The second-order valence-corrected chi connectivity index (χ2v) is 7.43. The first-order chi connectivity index (χ1) is 9.78. The van der Waals surface area contributed by atoms with Crippen molar-refractivity contribution in [1.29, 1.82) is 0 Å². The van der Waals surface area contributed by atoms with Gasteiger partial charge in [-0.1, -0.05) is 19.9 Å². The molecule has 6 nitrogen and oxygen atoms in total. The van der Waals surface area contributed by atoms with Gasteiger partial charge < -0.3 is 5.11 Å². The van der Waals surface area contributed by atoms with Crippen LogP contribution >= 0.6 is 0 Å². The molecular formula is C14H20N2O4S. The molecule has 116 valence electrons. The number of aromatic carboxylic acids is 1. The number of benzene rings is 1. The Balaban J connectivity index is 2.17. The Hall–Kier alpha value is -1.60. The lowest BCUT2D eigenvalue weighted by Gasteiger charge is -2.34. The van der Waals surface area contributed by atoms with E-state index in [0.717, 1.165) is 6.42 Å². The molecule has 2 rings (SSSR count). The maximum Gasteiger partial charge on any atom is 0.335 e. The molecule has 1 aliphatic heterocycles. The quantitative estimate of drug-likeness (QED) is 0.890. The summed E-state index contributed by atoms with van der Waals surface area (Å²) in [7, 11) is -3.65. The number of anilines is 1. The first-order valence-corrected chi connectivity index (χ1v) is 8.33. The number of nitrogens with zero attached hydrogens (tertiary/aromatic N) is 1. The van der Waals surface area contributed by atoms with Gasteiger partial charge in [-0.3, -0.25) is 4.72 Å². The van der Waals surface area contributed by atoms with E-state index in [0.29, 0.717) is 24.9 Å². The van der Waals surface area contributed by atoms with E-state index in [4.69, 9.17) is 5.11 Å². The van der Waals surface area contributed by atoms with Crippen molar-refractivity contribution in [3.8, 4) is 0 Å². The maximum atomic E-state index is 12.4. The molecular weight excluding hydrogens is 292 g/mol. The summed E-state index contributed by atoms with van der Waals surface area (Å²) >= 11 is 0. The number of carboxylic acids is 1. The molecule has 1 saturated heterocycles. The lowest BCUT2D eigenvalue weighted by Crippen LogP contribution is -2.45. The van der Waals surface area contributed by atoms with Crippen molar-refractivity contribution in [2.75, 3.05) is 17.8 Å². The monoisotopic (exact) mass is 312 g/mol. The summed E-state index contributed by atoms with van der Waals surface area (Å²) in [4.78, 5) is 10.9. The molecule has 1 aromatic carbocycles. The van der Waals surface area contributed by atoms with Gasteiger partial charge in [-0.15, -0.1) is 0 Å². The summed E-state index contributed by atoms with van der Waals surface area (Å²) in [6, 6.07) is 5.80. The summed E-state index contributed by atoms with van der Waals surface area (Å²) in [5.41, 5.74) is 0.316. The van der Waals surface area contributed by atoms with Gasteiger partial charge >= 0.3 is 16.2 Å². The van der Waals surface area contributed by atoms with Crippen LogP contribution in [0.1, 0.15) is 30.6 Å². The summed E-state index contributed by atoms with van der Waals surface area (Å²) in [5, 5.41) is 8.94. The number of nitrogens with one attached hydrogen (secondary N) is 1. The molecule has 1 aliphatic rings. The molecule has 21 heavy (non-hydrogen) atoms. The molecule has 0 amide bonds. The van der Waals surface area contributed by atoms with Gasteiger partial charge in [0.15, 0.2) is 0 Å². The Morgan fingerprint density at radius 2 is 1.90 bits per heavy atom. The topological polar surface area (TPSA) is 86.7 Å². The number of hydrogen-bond donors (Lipinski definition) is 2. The minimum atomic E-state index is -3.65. The fourth-order valence-corrected chi connectivity index (χ4v) is 4.19. The van der Waals surface area contributed by atoms with Gasteiger partial charge in [0.2, 0.25) is 0 Å². The van der Waals surface area contributed by atoms with Gasteiger partial charge in [0.25, 0.3) is 0 Å². The molecule has 2 N–H and O–H groups in total. The fraction of sp³-hybridized carbons (Fsp3) is 0.500. The van der Waals surface area contributed by atoms with E-state index in [2.05, 4.69) is 4.72 Å². The second kappa shape index (κ2) is 6.03. The third-order valence-corrected chi connectivity index (χ3v) is 5.00. The summed E-state index contributed by atoms with van der Waals surface area (Å²) in [5.74, 6) is -0.456. The first-order valence-electron chi connectivity index (χ1n) is 6.89. The second-order valence-electron chi connectivity index (χ2n) is 5.76. The number of hydrogen-bond acceptors (Lipinski definition) is 3. The highest BCUT2D eigenvalue weighted by Gasteiger charge is 2.30. The Kier molecular flexibility index (Phi) is 4.53. The Labute approximate surface area is 125 Å². The predicted molar refractivity (Wildman–Crippen MR) is 80.5 cm³/mol. The van der Waals surface area contributed by atoms with E-state index < -0.39 is 16.2 Å². The van der Waals surface area contributed by atoms with Crippen molar-refractivity contribution < 1.29 is 18.3 Å². The molecule has 0 saturated carbocycles. The van der Waals surface area contributed by atoms with E-state index in [1.165, 1.54) is 22.5 Å². The highest BCUT2D eigenvalue weighted by molar-refractivity contribution is 7.90. The largest absolute Gasteiger partial charge is 0.478 e. The zero-order chi connectivity index (χ0) is 15.6. The molecule has 1 heterocycles. The number of piperidine rings is 1. The molecule has 1 fully saturated rings. The Bertz CT molecular complexity index is 620. The highest BCUT2D eigenvalue weighted by atomic mass is 32.2. The number of rotatable bonds is 4. The SMILES string of the molecule is CC1CC(C)CN(S(=O)(=O)Nc2cccc(C(=O)O)c2)C1. The van der Waals surface area contributed by atoms with Crippen LogP contribution in [0.15, 0.2) is 24.3 Å². The highest BCUT2D eigenvalue weighted by Crippen LogP contribution is 2.24. The van der Waals surface area contributed by atoms with Gasteiger partial charge in [0.1, 0.15) is 0 Å². The zero-order valence-corrected chi connectivity index (χ0v) is 12.9. The van der Waals surface area contributed by atoms with Gasteiger partial charge in [0, 0.05) is 13.1 Å². The summed E-state index contributed by atoms with van der Waals surface area (Å²) in [6.45, 7) is 5.03. The van der Waals surface area contributed by atoms with Crippen molar-refractivity contribution in [1.82, 2.24) is 4.31 Å². The van der Waals surface area contributed by atoms with E-state index in [1.807, 2.05) is 13.8 Å². The zero-order valence-electron chi connectivity index (χ0n) is 12.1. The van der Waals surface area contributed by atoms with Crippen LogP contribution in [0.25, 0.3) is 0 Å². The van der Waals surface area contributed by atoms with Crippen molar-refractivity contribution in [2.24, 2.45) is 11.8 Å². The van der Waals surface area contributed by atoms with Gasteiger partial charge in [-0.2, -0.15) is 12.7 Å². The van der Waals surface area contributed by atoms with Crippen LogP contribution in [-0.4, -0.2) is 36.9 Å². The average Bonchev–Trinajstić information content (AvgIpc) is 2.37. The van der Waals surface area contributed by atoms with Crippen molar-refractivity contribution >= 4 is 21.9 Å². The van der Waals surface area contributed by atoms with Gasteiger partial charge in [0.05, 0.1) is 11.3 Å². The average molecular weight is 312 g/mol. The standard InChI is InChI=1S/C14H20N2O4S/c1-10-6-11(2)9-16(8-10)21(19,20)15-13-5-3-4-12(7-13)14(17)18/h3-5,7,10-11,15H,6,8-9H2,1-2H3,(H,17,18). The van der Waals surface area contributed by atoms with Crippen LogP contribution in [0.5, 0.6) is 0 Å². The van der Waals surface area contributed by atoms with E-state index in [1.54, 1.807) is 6.07 Å². The minimum Gasteiger partial charge on any atom is -0.478 e. The fourth-order valence-electron chi connectivity index (χ4n) is 2.73.